The molecule has 1 aliphatic rings. The van der Waals surface area contributed by atoms with Crippen LogP contribution in [0.4, 0.5) is 4.39 Å². The van der Waals surface area contributed by atoms with E-state index in [4.69, 9.17) is 0 Å². The van der Waals surface area contributed by atoms with Crippen molar-refractivity contribution < 1.29 is 14.3 Å². The lowest BCUT2D eigenvalue weighted by Crippen LogP contribution is -2.35. The van der Waals surface area contributed by atoms with Gasteiger partial charge in [0.2, 0.25) is 0 Å². The fraction of sp³-hybridized carbons (Fsp3) is 0.611. The molecule has 5 nitrogen and oxygen atoms in total. The summed E-state index contributed by atoms with van der Waals surface area (Å²) >= 11 is 0. The average molecular weight is 337 g/mol. The molecule has 1 saturated heterocycles. The van der Waals surface area contributed by atoms with Crippen LogP contribution >= 0.6 is 0 Å². The molecule has 0 radical (unpaired) electrons. The van der Waals surface area contributed by atoms with Gasteiger partial charge in [-0.05, 0) is 45.3 Å². The average Bonchev–Trinajstić information content (AvgIpc) is 2.95. The van der Waals surface area contributed by atoms with Crippen molar-refractivity contribution in [3.05, 3.63) is 35.6 Å². The number of halogens is 1. The lowest BCUT2D eigenvalue weighted by molar-refractivity contribution is 0.0778. The van der Waals surface area contributed by atoms with Gasteiger partial charge in [-0.15, -0.1) is 0 Å². The third-order valence-corrected chi connectivity index (χ3v) is 4.64. The lowest BCUT2D eigenvalue weighted by Gasteiger charge is -2.25. The topological polar surface area (TPSA) is 47.0 Å². The normalized spacial score (nSPS) is 21.0. The highest BCUT2D eigenvalue weighted by molar-refractivity contribution is 5.94. The van der Waals surface area contributed by atoms with Crippen LogP contribution in [0.3, 0.4) is 0 Å². The molecule has 1 aromatic rings. The zero-order valence-electron chi connectivity index (χ0n) is 14.8. The summed E-state index contributed by atoms with van der Waals surface area (Å²) < 4.78 is 13.3. The van der Waals surface area contributed by atoms with E-state index in [9.17, 15) is 14.3 Å². The molecule has 0 spiro atoms. The van der Waals surface area contributed by atoms with Gasteiger partial charge in [-0.2, -0.15) is 0 Å². The van der Waals surface area contributed by atoms with Gasteiger partial charge in [0, 0.05) is 50.8 Å². The van der Waals surface area contributed by atoms with Crippen molar-refractivity contribution >= 4 is 5.91 Å². The Morgan fingerprint density at radius 1 is 1.25 bits per heavy atom. The van der Waals surface area contributed by atoms with Crippen LogP contribution < -0.4 is 0 Å². The van der Waals surface area contributed by atoms with Gasteiger partial charge in [0.1, 0.15) is 5.82 Å². The van der Waals surface area contributed by atoms with Crippen molar-refractivity contribution in [1.82, 2.24) is 14.7 Å². The molecule has 0 saturated carbocycles. The number of carbonyl (C=O) groups excluding carboxylic acids is 1. The number of nitrogens with zero attached hydrogens (tertiary/aromatic N) is 3. The number of likely N-dealkylation sites (tertiary alicyclic amines) is 1. The highest BCUT2D eigenvalue weighted by Gasteiger charge is 2.35. The number of amides is 1. The Balaban J connectivity index is 1.96. The predicted molar refractivity (Wildman–Crippen MR) is 92.4 cm³/mol. The molecule has 0 aromatic heterocycles. The van der Waals surface area contributed by atoms with Gasteiger partial charge in [0.25, 0.3) is 5.91 Å². The molecular formula is C18H28FN3O2. The van der Waals surface area contributed by atoms with E-state index in [2.05, 4.69) is 16.8 Å². The van der Waals surface area contributed by atoms with Gasteiger partial charge in [-0.1, -0.05) is 6.07 Å². The van der Waals surface area contributed by atoms with Crippen LogP contribution in [0, 0.1) is 17.7 Å². The maximum atomic E-state index is 13.3. The van der Waals surface area contributed by atoms with Crippen molar-refractivity contribution in [2.45, 2.75) is 0 Å². The number of likely N-dealkylation sites (N-methyl/N-ethyl adjacent to an activating group) is 2. The molecule has 1 fully saturated rings. The SMILES string of the molecule is CN(C)CCN(C)C[C@@H]1CN(C(=O)c2cccc(F)c2)C[C@@H]1CO. The first kappa shape index (κ1) is 18.8. The number of carbonyl (C=O) groups is 1. The highest BCUT2D eigenvalue weighted by atomic mass is 19.1. The summed E-state index contributed by atoms with van der Waals surface area (Å²) in [7, 11) is 6.15. The fourth-order valence-electron chi connectivity index (χ4n) is 3.18. The van der Waals surface area contributed by atoms with Crippen molar-refractivity contribution in [3.8, 4) is 0 Å². The molecule has 134 valence electrons. The lowest BCUT2D eigenvalue weighted by atomic mass is 9.96. The molecule has 1 N–H and O–H groups in total. The van der Waals surface area contributed by atoms with Crippen molar-refractivity contribution in [2.75, 3.05) is 60.5 Å². The number of aliphatic hydroxyl groups is 1. The molecule has 0 bridgehead atoms. The van der Waals surface area contributed by atoms with Crippen LogP contribution in [0.5, 0.6) is 0 Å². The summed E-state index contributed by atoms with van der Waals surface area (Å²) in [5.41, 5.74) is 0.369. The molecule has 1 aliphatic heterocycles. The van der Waals surface area contributed by atoms with Crippen LogP contribution in [-0.2, 0) is 0 Å². The first-order valence-electron chi connectivity index (χ1n) is 8.39. The Labute approximate surface area is 143 Å². The Morgan fingerprint density at radius 3 is 2.58 bits per heavy atom. The molecular weight excluding hydrogens is 309 g/mol. The Hall–Kier alpha value is -1.50. The number of aliphatic hydroxyl groups excluding tert-OH is 1. The van der Waals surface area contributed by atoms with Gasteiger partial charge >= 0.3 is 0 Å². The highest BCUT2D eigenvalue weighted by Crippen LogP contribution is 2.25. The summed E-state index contributed by atoms with van der Waals surface area (Å²) in [4.78, 5) is 18.7. The van der Waals surface area contributed by atoms with E-state index in [1.54, 1.807) is 17.0 Å². The molecule has 6 heteroatoms. The smallest absolute Gasteiger partial charge is 0.253 e. The van der Waals surface area contributed by atoms with Gasteiger partial charge in [0.05, 0.1) is 0 Å². The summed E-state index contributed by atoms with van der Waals surface area (Å²) in [6, 6.07) is 5.79. The first-order chi connectivity index (χ1) is 11.4. The number of benzene rings is 1. The second-order valence-corrected chi connectivity index (χ2v) is 6.99. The quantitative estimate of drug-likeness (QED) is 0.806. The van der Waals surface area contributed by atoms with E-state index in [1.807, 2.05) is 14.1 Å². The second-order valence-electron chi connectivity index (χ2n) is 6.99. The van der Waals surface area contributed by atoms with Gasteiger partial charge < -0.3 is 19.8 Å². The summed E-state index contributed by atoms with van der Waals surface area (Å²) in [6.07, 6.45) is 0. The van der Waals surface area contributed by atoms with Crippen LogP contribution in [0.15, 0.2) is 24.3 Å². The zero-order valence-corrected chi connectivity index (χ0v) is 14.8. The molecule has 0 unspecified atom stereocenters. The minimum absolute atomic E-state index is 0.0686. The summed E-state index contributed by atoms with van der Waals surface area (Å²) in [6.45, 7) is 3.95. The predicted octanol–water partition coefficient (Wildman–Crippen LogP) is 1.000. The van der Waals surface area contributed by atoms with E-state index in [-0.39, 0.29) is 24.3 Å². The third-order valence-electron chi connectivity index (χ3n) is 4.64. The van der Waals surface area contributed by atoms with Crippen LogP contribution in [0.2, 0.25) is 0 Å². The molecule has 0 aliphatic carbocycles. The molecule has 1 aromatic carbocycles. The summed E-state index contributed by atoms with van der Waals surface area (Å²) in [5, 5.41) is 9.66. The Kier molecular flexibility index (Phi) is 6.71. The van der Waals surface area contributed by atoms with E-state index < -0.39 is 5.82 Å². The first-order valence-corrected chi connectivity index (χ1v) is 8.39. The van der Waals surface area contributed by atoms with E-state index in [1.165, 1.54) is 12.1 Å². The van der Waals surface area contributed by atoms with E-state index in [0.29, 0.717) is 18.7 Å². The minimum atomic E-state index is -0.404. The standard InChI is InChI=1S/C18H28FN3O2/c1-20(2)7-8-21(3)10-15-11-22(12-16(15)13-23)18(24)14-5-4-6-17(19)9-14/h4-6,9,15-16,23H,7-8,10-13H2,1-3H3/t15-,16-/m1/s1. The Morgan fingerprint density at radius 2 is 1.96 bits per heavy atom. The number of hydrogen-bond acceptors (Lipinski definition) is 4. The molecule has 1 amide bonds. The van der Waals surface area contributed by atoms with Gasteiger partial charge in [-0.25, -0.2) is 4.39 Å². The summed E-state index contributed by atoms with van der Waals surface area (Å²) in [5.74, 6) is -0.255. The molecule has 2 rings (SSSR count). The van der Waals surface area contributed by atoms with E-state index >= 15 is 0 Å². The zero-order chi connectivity index (χ0) is 17.7. The van der Waals surface area contributed by atoms with Crippen LogP contribution in [0.1, 0.15) is 10.4 Å². The van der Waals surface area contributed by atoms with Crippen molar-refractivity contribution in [3.63, 3.8) is 0 Å². The Bertz CT molecular complexity index is 553. The van der Waals surface area contributed by atoms with Crippen molar-refractivity contribution in [1.29, 1.82) is 0 Å². The monoisotopic (exact) mass is 337 g/mol. The third kappa shape index (κ3) is 5.00. The fourth-order valence-corrected chi connectivity index (χ4v) is 3.18. The largest absolute Gasteiger partial charge is 0.396 e. The van der Waals surface area contributed by atoms with Gasteiger partial charge in [-0.3, -0.25) is 4.79 Å². The number of hydrogen-bond donors (Lipinski definition) is 1. The minimum Gasteiger partial charge on any atom is -0.396 e. The number of rotatable bonds is 7. The van der Waals surface area contributed by atoms with Gasteiger partial charge in [0.15, 0.2) is 0 Å². The molecule has 2 atom stereocenters. The maximum absolute atomic E-state index is 13.3. The van der Waals surface area contributed by atoms with Crippen LogP contribution in [-0.4, -0.2) is 86.2 Å². The van der Waals surface area contributed by atoms with E-state index in [0.717, 1.165) is 19.6 Å². The molecule has 1 heterocycles. The second kappa shape index (κ2) is 8.55. The van der Waals surface area contributed by atoms with Crippen molar-refractivity contribution in [2.24, 2.45) is 11.8 Å². The van der Waals surface area contributed by atoms with Crippen LogP contribution in [0.25, 0.3) is 0 Å². The maximum Gasteiger partial charge on any atom is 0.253 e. The molecule has 24 heavy (non-hydrogen) atoms.